The van der Waals surface area contributed by atoms with Crippen molar-refractivity contribution in [2.75, 3.05) is 52.4 Å². The van der Waals surface area contributed by atoms with Crippen LogP contribution in [0.25, 0.3) is 0 Å². The minimum absolute atomic E-state index is 0.218. The van der Waals surface area contributed by atoms with Crippen LogP contribution in [0.2, 0.25) is 0 Å². The lowest BCUT2D eigenvalue weighted by Gasteiger charge is -2.41. The van der Waals surface area contributed by atoms with Crippen molar-refractivity contribution in [3.63, 3.8) is 0 Å². The summed E-state index contributed by atoms with van der Waals surface area (Å²) in [6.07, 6.45) is 5.56. The number of piperazine rings is 1. The Morgan fingerprint density at radius 2 is 1.57 bits per heavy atom. The lowest BCUT2D eigenvalue weighted by atomic mass is 9.84. The van der Waals surface area contributed by atoms with Crippen LogP contribution in [0, 0.1) is 5.41 Å². The standard InChI is InChI=1S/C17H35N3O/c1-16(2,3)18-14-17(6-4-5-7-17)15-20-10-8-19(9-11-20)12-13-21/h18,21H,4-15H2,1-3H3. The van der Waals surface area contributed by atoms with Gasteiger partial charge in [0.15, 0.2) is 0 Å². The normalized spacial score (nSPS) is 24.6. The first kappa shape index (κ1) is 17.2. The third-order valence-corrected chi connectivity index (χ3v) is 5.10. The van der Waals surface area contributed by atoms with Crippen LogP contribution in [0.15, 0.2) is 0 Å². The molecule has 2 N–H and O–H groups in total. The van der Waals surface area contributed by atoms with Crippen molar-refractivity contribution >= 4 is 0 Å². The van der Waals surface area contributed by atoms with Crippen molar-refractivity contribution in [2.24, 2.45) is 5.41 Å². The Morgan fingerprint density at radius 3 is 2.10 bits per heavy atom. The van der Waals surface area contributed by atoms with Crippen LogP contribution in [0.4, 0.5) is 0 Å². The van der Waals surface area contributed by atoms with Gasteiger partial charge in [0, 0.05) is 51.4 Å². The fourth-order valence-corrected chi connectivity index (χ4v) is 3.76. The van der Waals surface area contributed by atoms with Crippen LogP contribution in [0.5, 0.6) is 0 Å². The van der Waals surface area contributed by atoms with E-state index in [4.69, 9.17) is 5.11 Å². The Balaban J connectivity index is 1.83. The van der Waals surface area contributed by atoms with Crippen LogP contribution < -0.4 is 5.32 Å². The second-order valence-corrected chi connectivity index (χ2v) is 8.15. The van der Waals surface area contributed by atoms with E-state index in [-0.39, 0.29) is 5.54 Å². The maximum absolute atomic E-state index is 9.04. The SMILES string of the molecule is CC(C)(C)NCC1(CN2CCN(CCO)CC2)CCCC1. The summed E-state index contributed by atoms with van der Waals surface area (Å²) >= 11 is 0. The fourth-order valence-electron chi connectivity index (χ4n) is 3.76. The van der Waals surface area contributed by atoms with Gasteiger partial charge in [-0.05, 0) is 39.0 Å². The molecule has 1 heterocycles. The molecule has 2 rings (SSSR count). The molecule has 0 aromatic heterocycles. The maximum atomic E-state index is 9.04. The van der Waals surface area contributed by atoms with Crippen molar-refractivity contribution in [3.8, 4) is 0 Å². The van der Waals surface area contributed by atoms with E-state index in [1.807, 2.05) is 0 Å². The average Bonchev–Trinajstić information content (AvgIpc) is 2.88. The topological polar surface area (TPSA) is 38.7 Å². The van der Waals surface area contributed by atoms with E-state index in [0.29, 0.717) is 12.0 Å². The Kier molecular flexibility index (Phi) is 6.06. The first-order valence-electron chi connectivity index (χ1n) is 8.73. The number of hydrogen-bond acceptors (Lipinski definition) is 4. The molecule has 0 bridgehead atoms. The Hall–Kier alpha value is -0.160. The van der Waals surface area contributed by atoms with E-state index in [1.54, 1.807) is 0 Å². The zero-order valence-corrected chi connectivity index (χ0v) is 14.3. The number of nitrogens with zero attached hydrogens (tertiary/aromatic N) is 2. The van der Waals surface area contributed by atoms with Gasteiger partial charge < -0.3 is 15.3 Å². The summed E-state index contributed by atoms with van der Waals surface area (Å²) in [5.74, 6) is 0. The number of aliphatic hydroxyl groups is 1. The second-order valence-electron chi connectivity index (χ2n) is 8.15. The van der Waals surface area contributed by atoms with Gasteiger partial charge in [0.05, 0.1) is 6.61 Å². The van der Waals surface area contributed by atoms with Crippen molar-refractivity contribution in [2.45, 2.75) is 52.0 Å². The van der Waals surface area contributed by atoms with Gasteiger partial charge in [-0.3, -0.25) is 4.90 Å². The summed E-state index contributed by atoms with van der Waals surface area (Å²) in [6, 6.07) is 0. The van der Waals surface area contributed by atoms with Gasteiger partial charge in [-0.1, -0.05) is 12.8 Å². The van der Waals surface area contributed by atoms with Gasteiger partial charge in [0.1, 0.15) is 0 Å². The van der Waals surface area contributed by atoms with E-state index in [9.17, 15) is 0 Å². The lowest BCUT2D eigenvalue weighted by Crippen LogP contribution is -2.53. The molecule has 0 unspecified atom stereocenters. The monoisotopic (exact) mass is 297 g/mol. The van der Waals surface area contributed by atoms with Crippen molar-refractivity contribution in [3.05, 3.63) is 0 Å². The Labute approximate surface area is 130 Å². The molecule has 0 aromatic carbocycles. The molecule has 1 saturated heterocycles. The molecule has 4 heteroatoms. The van der Waals surface area contributed by atoms with Crippen molar-refractivity contribution < 1.29 is 5.11 Å². The first-order valence-corrected chi connectivity index (χ1v) is 8.73. The predicted molar refractivity (Wildman–Crippen MR) is 88.6 cm³/mol. The summed E-state index contributed by atoms with van der Waals surface area (Å²) in [4.78, 5) is 5.04. The van der Waals surface area contributed by atoms with E-state index < -0.39 is 0 Å². The molecule has 0 radical (unpaired) electrons. The molecule has 2 fully saturated rings. The number of nitrogens with one attached hydrogen (secondary N) is 1. The predicted octanol–water partition coefficient (Wildman–Crippen LogP) is 1.54. The van der Waals surface area contributed by atoms with Gasteiger partial charge >= 0.3 is 0 Å². The molecule has 1 aliphatic heterocycles. The lowest BCUT2D eigenvalue weighted by molar-refractivity contribution is 0.0734. The zero-order valence-electron chi connectivity index (χ0n) is 14.3. The van der Waals surface area contributed by atoms with E-state index in [1.165, 1.54) is 32.2 Å². The molecule has 1 saturated carbocycles. The molecule has 4 nitrogen and oxygen atoms in total. The minimum atomic E-state index is 0.218. The van der Waals surface area contributed by atoms with Crippen LogP contribution in [0.1, 0.15) is 46.5 Å². The van der Waals surface area contributed by atoms with Gasteiger partial charge in [-0.15, -0.1) is 0 Å². The van der Waals surface area contributed by atoms with Crippen LogP contribution in [0.3, 0.4) is 0 Å². The van der Waals surface area contributed by atoms with E-state index in [0.717, 1.165) is 39.3 Å². The summed E-state index contributed by atoms with van der Waals surface area (Å²) in [7, 11) is 0. The molecular formula is C17H35N3O. The molecule has 0 spiro atoms. The number of aliphatic hydroxyl groups excluding tert-OH is 1. The van der Waals surface area contributed by atoms with Gasteiger partial charge in [-0.25, -0.2) is 0 Å². The molecule has 124 valence electrons. The third kappa shape index (κ3) is 5.51. The number of β-amino-alcohol motifs (C(OH)–C–C–N with tert-alkyl or cyclic N) is 1. The highest BCUT2D eigenvalue weighted by Crippen LogP contribution is 2.38. The Bertz CT molecular complexity index is 300. The quantitative estimate of drug-likeness (QED) is 0.780. The minimum Gasteiger partial charge on any atom is -0.395 e. The highest BCUT2D eigenvalue weighted by molar-refractivity contribution is 4.92. The van der Waals surface area contributed by atoms with Crippen LogP contribution in [-0.4, -0.2) is 72.9 Å². The first-order chi connectivity index (χ1) is 9.92. The zero-order chi connectivity index (χ0) is 15.3. The summed E-state index contributed by atoms with van der Waals surface area (Å²) in [6.45, 7) is 14.9. The molecule has 0 aromatic rings. The third-order valence-electron chi connectivity index (χ3n) is 5.10. The maximum Gasteiger partial charge on any atom is 0.0558 e. The van der Waals surface area contributed by atoms with Crippen LogP contribution >= 0.6 is 0 Å². The Morgan fingerprint density at radius 1 is 1.00 bits per heavy atom. The molecule has 0 atom stereocenters. The van der Waals surface area contributed by atoms with Crippen molar-refractivity contribution in [1.82, 2.24) is 15.1 Å². The number of rotatable bonds is 6. The van der Waals surface area contributed by atoms with Gasteiger partial charge in [0.25, 0.3) is 0 Å². The molecule has 0 amide bonds. The molecule has 21 heavy (non-hydrogen) atoms. The second kappa shape index (κ2) is 7.40. The molecule has 1 aliphatic carbocycles. The van der Waals surface area contributed by atoms with E-state index >= 15 is 0 Å². The van der Waals surface area contributed by atoms with Crippen molar-refractivity contribution in [1.29, 1.82) is 0 Å². The average molecular weight is 297 g/mol. The summed E-state index contributed by atoms with van der Waals surface area (Å²) < 4.78 is 0. The summed E-state index contributed by atoms with van der Waals surface area (Å²) in [5, 5.41) is 12.8. The van der Waals surface area contributed by atoms with Gasteiger partial charge in [-0.2, -0.15) is 0 Å². The largest absolute Gasteiger partial charge is 0.395 e. The highest BCUT2D eigenvalue weighted by Gasteiger charge is 2.36. The fraction of sp³-hybridized carbons (Fsp3) is 1.00. The van der Waals surface area contributed by atoms with E-state index in [2.05, 4.69) is 35.9 Å². The smallest absolute Gasteiger partial charge is 0.0558 e. The summed E-state index contributed by atoms with van der Waals surface area (Å²) in [5.41, 5.74) is 0.710. The molecular weight excluding hydrogens is 262 g/mol. The number of hydrogen-bond donors (Lipinski definition) is 2. The highest BCUT2D eigenvalue weighted by atomic mass is 16.3. The molecule has 2 aliphatic rings. The van der Waals surface area contributed by atoms with Crippen LogP contribution in [-0.2, 0) is 0 Å². The van der Waals surface area contributed by atoms with Gasteiger partial charge in [0.2, 0.25) is 0 Å².